The molecule has 2 atom stereocenters. The van der Waals surface area contributed by atoms with E-state index in [4.69, 9.17) is 23.2 Å². The lowest BCUT2D eigenvalue weighted by Crippen LogP contribution is -2.39. The van der Waals surface area contributed by atoms with E-state index >= 15 is 0 Å². The number of rotatable bonds is 6. The van der Waals surface area contributed by atoms with Gasteiger partial charge >= 0.3 is 0 Å². The molecule has 0 saturated carbocycles. The molecule has 1 saturated heterocycles. The molecule has 1 fully saturated rings. The summed E-state index contributed by atoms with van der Waals surface area (Å²) in [7, 11) is 0. The van der Waals surface area contributed by atoms with E-state index in [0.717, 1.165) is 17.2 Å². The van der Waals surface area contributed by atoms with Crippen molar-refractivity contribution in [2.45, 2.75) is 25.0 Å². The van der Waals surface area contributed by atoms with Crippen LogP contribution in [0, 0.1) is 0 Å². The first-order chi connectivity index (χ1) is 12.9. The molecule has 1 aliphatic rings. The van der Waals surface area contributed by atoms with E-state index in [0.29, 0.717) is 28.6 Å². The SMILES string of the molecule is O=C(Cc1ccc(Cl)c(Cl)c1)N(O)C[C@@H](c1ccccc1)N1CC[C@H](O)C1. The summed E-state index contributed by atoms with van der Waals surface area (Å²) < 4.78 is 0. The molecule has 27 heavy (non-hydrogen) atoms. The van der Waals surface area contributed by atoms with Gasteiger partial charge in [0, 0.05) is 13.1 Å². The van der Waals surface area contributed by atoms with Crippen LogP contribution in [0.5, 0.6) is 0 Å². The van der Waals surface area contributed by atoms with Gasteiger partial charge in [0.1, 0.15) is 0 Å². The molecule has 5 nitrogen and oxygen atoms in total. The molecule has 1 amide bonds. The van der Waals surface area contributed by atoms with Crippen molar-refractivity contribution < 1.29 is 15.1 Å². The molecule has 0 aliphatic carbocycles. The van der Waals surface area contributed by atoms with Gasteiger partial charge in [-0.15, -0.1) is 0 Å². The number of nitrogens with zero attached hydrogens (tertiary/aromatic N) is 2. The van der Waals surface area contributed by atoms with E-state index in [2.05, 4.69) is 4.90 Å². The first-order valence-corrected chi connectivity index (χ1v) is 9.60. The molecule has 0 radical (unpaired) electrons. The van der Waals surface area contributed by atoms with Crippen molar-refractivity contribution >= 4 is 29.1 Å². The third-order valence-corrected chi connectivity index (χ3v) is 5.53. The summed E-state index contributed by atoms with van der Waals surface area (Å²) in [5.41, 5.74) is 1.68. The zero-order chi connectivity index (χ0) is 19.4. The molecule has 3 rings (SSSR count). The predicted octanol–water partition coefficient (Wildman–Crippen LogP) is 3.56. The Morgan fingerprint density at radius 1 is 1.19 bits per heavy atom. The summed E-state index contributed by atoms with van der Waals surface area (Å²) in [6, 6.07) is 14.5. The Labute approximate surface area is 168 Å². The highest BCUT2D eigenvalue weighted by Crippen LogP contribution is 2.27. The normalized spacial score (nSPS) is 18.4. The number of hydrogen-bond acceptors (Lipinski definition) is 4. The van der Waals surface area contributed by atoms with E-state index in [-0.39, 0.29) is 25.1 Å². The highest BCUT2D eigenvalue weighted by molar-refractivity contribution is 6.42. The Hall–Kier alpha value is -1.63. The molecular weight excluding hydrogens is 387 g/mol. The van der Waals surface area contributed by atoms with Crippen molar-refractivity contribution in [3.63, 3.8) is 0 Å². The molecule has 2 aromatic carbocycles. The van der Waals surface area contributed by atoms with Crippen molar-refractivity contribution in [1.82, 2.24) is 9.96 Å². The van der Waals surface area contributed by atoms with E-state index in [1.165, 1.54) is 0 Å². The molecule has 2 aromatic rings. The fraction of sp³-hybridized carbons (Fsp3) is 0.350. The topological polar surface area (TPSA) is 64.0 Å². The summed E-state index contributed by atoms with van der Waals surface area (Å²) in [6.45, 7) is 1.36. The predicted molar refractivity (Wildman–Crippen MR) is 105 cm³/mol. The summed E-state index contributed by atoms with van der Waals surface area (Å²) in [5.74, 6) is -0.422. The maximum atomic E-state index is 12.5. The fourth-order valence-corrected chi connectivity index (χ4v) is 3.66. The minimum Gasteiger partial charge on any atom is -0.392 e. The number of carbonyl (C=O) groups excluding carboxylic acids is 1. The van der Waals surface area contributed by atoms with Gasteiger partial charge in [0.2, 0.25) is 5.91 Å². The summed E-state index contributed by atoms with van der Waals surface area (Å²) in [5, 5.41) is 21.8. The molecule has 0 bridgehead atoms. The molecule has 0 unspecified atom stereocenters. The first-order valence-electron chi connectivity index (χ1n) is 8.84. The van der Waals surface area contributed by atoms with Gasteiger partial charge in [0.15, 0.2) is 0 Å². The second-order valence-corrected chi connectivity index (χ2v) is 7.58. The first kappa shape index (κ1) is 20.1. The standard InChI is InChI=1S/C20H22Cl2N2O3/c21-17-7-6-14(10-18(17)22)11-20(26)24(27)13-19(15-4-2-1-3-5-15)23-9-8-16(25)12-23/h1-7,10,16,19,25,27H,8-9,11-13H2/t16-,19-/m0/s1. The van der Waals surface area contributed by atoms with Crippen LogP contribution >= 0.6 is 23.2 Å². The number of hydroxylamine groups is 2. The third kappa shape index (κ3) is 5.21. The highest BCUT2D eigenvalue weighted by atomic mass is 35.5. The monoisotopic (exact) mass is 408 g/mol. The van der Waals surface area contributed by atoms with Crippen LogP contribution in [-0.4, -0.2) is 51.9 Å². The van der Waals surface area contributed by atoms with Gasteiger partial charge in [0.05, 0.1) is 35.2 Å². The second kappa shape index (κ2) is 9.04. The van der Waals surface area contributed by atoms with Crippen molar-refractivity contribution in [3.05, 3.63) is 69.7 Å². The number of carbonyl (C=O) groups is 1. The molecule has 0 aromatic heterocycles. The fourth-order valence-electron chi connectivity index (χ4n) is 3.34. The molecule has 7 heteroatoms. The van der Waals surface area contributed by atoms with Crippen molar-refractivity contribution in [3.8, 4) is 0 Å². The number of likely N-dealkylation sites (tertiary alicyclic amines) is 1. The Kier molecular flexibility index (Phi) is 6.73. The van der Waals surface area contributed by atoms with Crippen molar-refractivity contribution in [2.75, 3.05) is 19.6 Å². The number of aliphatic hydroxyl groups is 1. The minimum absolute atomic E-state index is 0.0253. The molecule has 1 aliphatic heterocycles. The maximum Gasteiger partial charge on any atom is 0.250 e. The van der Waals surface area contributed by atoms with Crippen LogP contribution < -0.4 is 0 Å². The van der Waals surface area contributed by atoms with E-state index in [9.17, 15) is 15.1 Å². The van der Waals surface area contributed by atoms with E-state index in [1.54, 1.807) is 18.2 Å². The lowest BCUT2D eigenvalue weighted by atomic mass is 10.0. The second-order valence-electron chi connectivity index (χ2n) is 6.77. The molecule has 0 spiro atoms. The zero-order valence-electron chi connectivity index (χ0n) is 14.8. The number of aliphatic hydroxyl groups excluding tert-OH is 1. The zero-order valence-corrected chi connectivity index (χ0v) is 16.3. The Morgan fingerprint density at radius 3 is 2.56 bits per heavy atom. The lowest BCUT2D eigenvalue weighted by Gasteiger charge is -2.30. The number of hydrogen-bond donors (Lipinski definition) is 2. The van der Waals surface area contributed by atoms with Crippen LogP contribution in [0.15, 0.2) is 48.5 Å². The lowest BCUT2D eigenvalue weighted by molar-refractivity contribution is -0.168. The van der Waals surface area contributed by atoms with Gasteiger partial charge in [0.25, 0.3) is 0 Å². The van der Waals surface area contributed by atoms with E-state index in [1.807, 2.05) is 30.3 Å². The highest BCUT2D eigenvalue weighted by Gasteiger charge is 2.30. The van der Waals surface area contributed by atoms with Gasteiger partial charge in [-0.05, 0) is 29.7 Å². The van der Waals surface area contributed by atoms with Crippen LogP contribution in [0.2, 0.25) is 10.0 Å². The van der Waals surface area contributed by atoms with Crippen LogP contribution in [0.25, 0.3) is 0 Å². The van der Waals surface area contributed by atoms with Gasteiger partial charge in [-0.3, -0.25) is 14.9 Å². The Balaban J connectivity index is 1.70. The van der Waals surface area contributed by atoms with Gasteiger partial charge in [-0.1, -0.05) is 59.6 Å². The number of β-amino-alcohol motifs (C(OH)–C–C–N with tert-alkyl or cyclic N) is 1. The molecular formula is C20H22Cl2N2O3. The average Bonchev–Trinajstić information content (AvgIpc) is 3.09. The van der Waals surface area contributed by atoms with Gasteiger partial charge < -0.3 is 5.11 Å². The summed E-state index contributed by atoms with van der Waals surface area (Å²) in [6.07, 6.45) is 0.332. The van der Waals surface area contributed by atoms with Crippen molar-refractivity contribution in [1.29, 1.82) is 0 Å². The smallest absolute Gasteiger partial charge is 0.250 e. The van der Waals surface area contributed by atoms with Crippen LogP contribution in [0.4, 0.5) is 0 Å². The third-order valence-electron chi connectivity index (χ3n) is 4.79. The number of halogens is 2. The average molecular weight is 409 g/mol. The summed E-state index contributed by atoms with van der Waals surface area (Å²) in [4.78, 5) is 14.6. The number of benzene rings is 2. The Morgan fingerprint density at radius 2 is 1.93 bits per heavy atom. The van der Waals surface area contributed by atoms with Crippen LogP contribution in [0.1, 0.15) is 23.6 Å². The summed E-state index contributed by atoms with van der Waals surface area (Å²) >= 11 is 11.9. The number of amides is 1. The molecule has 144 valence electrons. The van der Waals surface area contributed by atoms with Crippen LogP contribution in [-0.2, 0) is 11.2 Å². The van der Waals surface area contributed by atoms with Gasteiger partial charge in [-0.2, -0.15) is 0 Å². The molecule has 1 heterocycles. The quantitative estimate of drug-likeness (QED) is 0.566. The Bertz CT molecular complexity index is 788. The van der Waals surface area contributed by atoms with Crippen molar-refractivity contribution in [2.24, 2.45) is 0 Å². The molecule has 2 N–H and O–H groups in total. The van der Waals surface area contributed by atoms with E-state index < -0.39 is 5.91 Å². The minimum atomic E-state index is -0.422. The van der Waals surface area contributed by atoms with Gasteiger partial charge in [-0.25, -0.2) is 5.06 Å². The maximum absolute atomic E-state index is 12.5. The van der Waals surface area contributed by atoms with Crippen LogP contribution in [0.3, 0.4) is 0 Å². The largest absolute Gasteiger partial charge is 0.392 e.